The van der Waals surface area contributed by atoms with E-state index >= 15 is 0 Å². The molecule has 0 aliphatic carbocycles. The Labute approximate surface area is 104 Å². The van der Waals surface area contributed by atoms with Crippen LogP contribution in [0.2, 0.25) is 5.02 Å². The Kier molecular flexibility index (Phi) is 2.38. The Morgan fingerprint density at radius 3 is 3.06 bits per heavy atom. The Morgan fingerprint density at radius 1 is 1.53 bits per heavy atom. The first-order chi connectivity index (χ1) is 8.16. The quantitative estimate of drug-likeness (QED) is 0.714. The number of halogens is 1. The lowest BCUT2D eigenvalue weighted by molar-refractivity contribution is 0.752. The molecule has 0 aromatic carbocycles. The zero-order chi connectivity index (χ0) is 12.0. The van der Waals surface area contributed by atoms with Gasteiger partial charge in [0.15, 0.2) is 0 Å². The number of nitrogens with zero attached hydrogens (tertiary/aromatic N) is 2. The number of fused-ring (bicyclic) bond motifs is 1. The number of nitrogen functional groups attached to an aromatic ring is 1. The van der Waals surface area contributed by atoms with Crippen molar-refractivity contribution < 1.29 is 0 Å². The monoisotopic (exact) mass is 251 g/mol. The third-order valence-corrected chi connectivity index (χ3v) is 3.48. The minimum Gasteiger partial charge on any atom is -0.397 e. The molecule has 0 amide bonds. The molecular formula is C11H14ClN5. The molecule has 1 fully saturated rings. The van der Waals surface area contributed by atoms with Crippen molar-refractivity contribution in [2.75, 3.05) is 23.7 Å². The summed E-state index contributed by atoms with van der Waals surface area (Å²) < 4.78 is 0. The van der Waals surface area contributed by atoms with Crippen molar-refractivity contribution in [3.8, 4) is 0 Å². The summed E-state index contributed by atoms with van der Waals surface area (Å²) in [6.45, 7) is 1.72. The van der Waals surface area contributed by atoms with E-state index in [1.165, 1.54) is 0 Å². The molecule has 1 saturated heterocycles. The zero-order valence-electron chi connectivity index (χ0n) is 9.28. The average molecular weight is 252 g/mol. The van der Waals surface area contributed by atoms with Gasteiger partial charge < -0.3 is 21.4 Å². The molecule has 3 heterocycles. The zero-order valence-corrected chi connectivity index (χ0v) is 10.0. The van der Waals surface area contributed by atoms with Gasteiger partial charge in [0.25, 0.3) is 0 Å². The molecule has 0 bridgehead atoms. The first-order valence-electron chi connectivity index (χ1n) is 5.58. The van der Waals surface area contributed by atoms with Gasteiger partial charge in [-0.05, 0) is 6.42 Å². The van der Waals surface area contributed by atoms with E-state index in [4.69, 9.17) is 23.1 Å². The highest BCUT2D eigenvalue weighted by Crippen LogP contribution is 2.37. The van der Waals surface area contributed by atoms with Gasteiger partial charge in [0.2, 0.25) is 0 Å². The number of aromatic nitrogens is 2. The summed E-state index contributed by atoms with van der Waals surface area (Å²) in [5.74, 6) is 0. The summed E-state index contributed by atoms with van der Waals surface area (Å²) in [7, 11) is 0. The number of nitrogens with one attached hydrogen (secondary N) is 1. The number of H-pyrrole nitrogens is 1. The van der Waals surface area contributed by atoms with Gasteiger partial charge in [-0.3, -0.25) is 0 Å². The second-order valence-electron chi connectivity index (χ2n) is 4.42. The molecule has 2 aromatic heterocycles. The number of anilines is 2. The van der Waals surface area contributed by atoms with Crippen LogP contribution in [0, 0.1) is 0 Å². The highest BCUT2D eigenvalue weighted by atomic mass is 35.5. The molecule has 90 valence electrons. The predicted octanol–water partition coefficient (Wildman–Crippen LogP) is 1.34. The van der Waals surface area contributed by atoms with E-state index in [1.54, 1.807) is 12.4 Å². The van der Waals surface area contributed by atoms with Crippen molar-refractivity contribution >= 4 is 34.0 Å². The van der Waals surface area contributed by atoms with Gasteiger partial charge in [0, 0.05) is 25.3 Å². The van der Waals surface area contributed by atoms with Crippen LogP contribution in [0.5, 0.6) is 0 Å². The van der Waals surface area contributed by atoms with Gasteiger partial charge in [-0.15, -0.1) is 0 Å². The lowest BCUT2D eigenvalue weighted by Crippen LogP contribution is -2.26. The van der Waals surface area contributed by atoms with Gasteiger partial charge in [0.1, 0.15) is 5.65 Å². The minimum absolute atomic E-state index is 0.203. The fourth-order valence-corrected chi connectivity index (χ4v) is 2.64. The number of hydrogen-bond acceptors (Lipinski definition) is 4. The number of hydrogen-bond donors (Lipinski definition) is 3. The molecule has 1 aliphatic rings. The van der Waals surface area contributed by atoms with Crippen LogP contribution in [0.25, 0.3) is 11.0 Å². The Balaban J connectivity index is 2.19. The predicted molar refractivity (Wildman–Crippen MR) is 70.3 cm³/mol. The van der Waals surface area contributed by atoms with E-state index in [0.717, 1.165) is 36.2 Å². The number of nitrogens with two attached hydrogens (primary N) is 2. The van der Waals surface area contributed by atoms with Crippen LogP contribution >= 0.6 is 11.6 Å². The highest BCUT2D eigenvalue weighted by molar-refractivity contribution is 6.35. The van der Waals surface area contributed by atoms with Gasteiger partial charge in [-0.25, -0.2) is 4.98 Å². The fourth-order valence-electron chi connectivity index (χ4n) is 2.38. The minimum atomic E-state index is 0.203. The van der Waals surface area contributed by atoms with Crippen molar-refractivity contribution in [1.82, 2.24) is 9.97 Å². The summed E-state index contributed by atoms with van der Waals surface area (Å²) in [5, 5.41) is 1.52. The smallest absolute Gasteiger partial charge is 0.141 e. The third-order valence-electron chi connectivity index (χ3n) is 3.20. The second kappa shape index (κ2) is 3.78. The van der Waals surface area contributed by atoms with Crippen LogP contribution in [-0.4, -0.2) is 29.1 Å². The van der Waals surface area contributed by atoms with Crippen LogP contribution in [0.3, 0.4) is 0 Å². The maximum atomic E-state index is 6.25. The summed E-state index contributed by atoms with van der Waals surface area (Å²) in [4.78, 5) is 9.45. The summed E-state index contributed by atoms with van der Waals surface area (Å²) in [6.07, 6.45) is 4.37. The van der Waals surface area contributed by atoms with Crippen LogP contribution < -0.4 is 16.4 Å². The summed E-state index contributed by atoms with van der Waals surface area (Å²) >= 11 is 6.25. The molecule has 17 heavy (non-hydrogen) atoms. The first-order valence-corrected chi connectivity index (χ1v) is 5.96. The first kappa shape index (κ1) is 10.7. The van der Waals surface area contributed by atoms with Crippen LogP contribution in [-0.2, 0) is 0 Å². The van der Waals surface area contributed by atoms with Crippen molar-refractivity contribution in [3.05, 3.63) is 17.4 Å². The van der Waals surface area contributed by atoms with Crippen molar-refractivity contribution in [2.24, 2.45) is 5.73 Å². The van der Waals surface area contributed by atoms with E-state index in [0.29, 0.717) is 10.7 Å². The lowest BCUT2D eigenvalue weighted by Gasteiger charge is -2.20. The normalized spacial score (nSPS) is 20.4. The lowest BCUT2D eigenvalue weighted by atomic mass is 10.2. The number of rotatable bonds is 1. The number of aromatic amines is 1. The molecule has 5 N–H and O–H groups in total. The number of pyridine rings is 1. The van der Waals surface area contributed by atoms with E-state index in [2.05, 4.69) is 14.9 Å². The third kappa shape index (κ3) is 1.62. The van der Waals surface area contributed by atoms with Crippen molar-refractivity contribution in [2.45, 2.75) is 12.5 Å². The topological polar surface area (TPSA) is 84.0 Å². The van der Waals surface area contributed by atoms with Gasteiger partial charge in [-0.2, -0.15) is 0 Å². The van der Waals surface area contributed by atoms with Crippen LogP contribution in [0.4, 0.5) is 11.4 Å². The largest absolute Gasteiger partial charge is 0.397 e. The van der Waals surface area contributed by atoms with Gasteiger partial charge >= 0.3 is 0 Å². The maximum absolute atomic E-state index is 6.25. The molecule has 5 nitrogen and oxygen atoms in total. The summed E-state index contributed by atoms with van der Waals surface area (Å²) in [6, 6.07) is 0.203. The molecular weight excluding hydrogens is 238 g/mol. The molecule has 6 heteroatoms. The molecule has 3 rings (SSSR count). The SMILES string of the molecule is Nc1c[nH]c2ncc(Cl)c(N3CC[C@@H](N)C3)c12. The van der Waals surface area contributed by atoms with Crippen LogP contribution in [0.1, 0.15) is 6.42 Å². The molecule has 1 atom stereocenters. The molecule has 1 aliphatic heterocycles. The Morgan fingerprint density at radius 2 is 2.35 bits per heavy atom. The molecule has 0 unspecified atom stereocenters. The molecule has 0 saturated carbocycles. The van der Waals surface area contributed by atoms with Crippen LogP contribution in [0.15, 0.2) is 12.4 Å². The molecule has 0 radical (unpaired) electrons. The van der Waals surface area contributed by atoms with Crippen molar-refractivity contribution in [1.29, 1.82) is 0 Å². The Hall–Kier alpha value is -1.46. The molecule has 0 spiro atoms. The van der Waals surface area contributed by atoms with Gasteiger partial charge in [0.05, 0.1) is 28.0 Å². The highest BCUT2D eigenvalue weighted by Gasteiger charge is 2.24. The molecule has 2 aromatic rings. The second-order valence-corrected chi connectivity index (χ2v) is 4.82. The maximum Gasteiger partial charge on any atom is 0.141 e. The van der Waals surface area contributed by atoms with E-state index in [9.17, 15) is 0 Å². The standard InChI is InChI=1S/C11H14ClN5/c12-7-3-15-11-9(8(14)4-16-11)10(7)17-2-1-6(13)5-17/h3-4,6H,1-2,5,13-14H2,(H,15,16)/t6-/m1/s1. The van der Waals surface area contributed by atoms with Crippen molar-refractivity contribution in [3.63, 3.8) is 0 Å². The van der Waals surface area contributed by atoms with E-state index < -0.39 is 0 Å². The Bertz CT molecular complexity index is 564. The fraction of sp³-hybridized carbons (Fsp3) is 0.364. The van der Waals surface area contributed by atoms with E-state index in [1.807, 2.05) is 0 Å². The van der Waals surface area contributed by atoms with E-state index in [-0.39, 0.29) is 6.04 Å². The average Bonchev–Trinajstić information content (AvgIpc) is 2.87. The van der Waals surface area contributed by atoms with Gasteiger partial charge in [-0.1, -0.05) is 11.6 Å². The summed E-state index contributed by atoms with van der Waals surface area (Å²) in [5.41, 5.74) is 14.3.